The van der Waals surface area contributed by atoms with Crippen LogP contribution in [0.1, 0.15) is 5.56 Å². The fourth-order valence-electron chi connectivity index (χ4n) is 2.19. The van der Waals surface area contributed by atoms with E-state index in [4.69, 9.17) is 0 Å². The zero-order valence-corrected chi connectivity index (χ0v) is 13.1. The molecule has 1 amide bonds. The van der Waals surface area contributed by atoms with E-state index in [9.17, 15) is 14.0 Å². The Balaban J connectivity index is 1.71. The zero-order chi connectivity index (χ0) is 17.6. The molecular formula is C19H14FN3O2. The number of aromatic nitrogens is 2. The van der Waals surface area contributed by atoms with E-state index in [-0.39, 0.29) is 17.3 Å². The van der Waals surface area contributed by atoms with E-state index in [1.165, 1.54) is 24.3 Å². The highest BCUT2D eigenvalue weighted by Crippen LogP contribution is 2.19. The highest BCUT2D eigenvalue weighted by molar-refractivity contribution is 6.02. The number of anilines is 1. The Morgan fingerprint density at radius 3 is 2.60 bits per heavy atom. The molecule has 0 bridgehead atoms. The number of hydrogen-bond donors (Lipinski definition) is 2. The molecule has 2 N–H and O–H groups in total. The van der Waals surface area contributed by atoms with Gasteiger partial charge in [0.1, 0.15) is 5.82 Å². The Morgan fingerprint density at radius 1 is 1.08 bits per heavy atom. The summed E-state index contributed by atoms with van der Waals surface area (Å²) in [6.07, 6.45) is 2.97. The van der Waals surface area contributed by atoms with Gasteiger partial charge in [0.05, 0.1) is 5.69 Å². The van der Waals surface area contributed by atoms with Crippen molar-refractivity contribution in [2.24, 2.45) is 0 Å². The quantitative estimate of drug-likeness (QED) is 0.719. The van der Waals surface area contributed by atoms with Crippen molar-refractivity contribution < 1.29 is 9.18 Å². The van der Waals surface area contributed by atoms with Gasteiger partial charge in [0.15, 0.2) is 0 Å². The van der Waals surface area contributed by atoms with Gasteiger partial charge in [-0.25, -0.2) is 9.49 Å². The second kappa shape index (κ2) is 7.35. The first-order chi connectivity index (χ1) is 12.1. The topological polar surface area (TPSA) is 74.8 Å². The first-order valence-electron chi connectivity index (χ1n) is 7.51. The molecule has 0 spiro atoms. The summed E-state index contributed by atoms with van der Waals surface area (Å²) < 4.78 is 12.8. The summed E-state index contributed by atoms with van der Waals surface area (Å²) in [4.78, 5) is 23.1. The molecule has 0 aliphatic heterocycles. The van der Waals surface area contributed by atoms with Gasteiger partial charge in [0, 0.05) is 23.4 Å². The Kier molecular flexibility index (Phi) is 4.80. The summed E-state index contributed by atoms with van der Waals surface area (Å²) in [6.45, 7) is 0. The van der Waals surface area contributed by atoms with Crippen LogP contribution in [0.15, 0.2) is 71.5 Å². The number of benzene rings is 2. The second-order valence-electron chi connectivity index (χ2n) is 5.26. The van der Waals surface area contributed by atoms with E-state index in [1.807, 2.05) is 6.07 Å². The van der Waals surface area contributed by atoms with Gasteiger partial charge >= 0.3 is 0 Å². The molecule has 0 atom stereocenters. The van der Waals surface area contributed by atoms with E-state index in [0.717, 1.165) is 11.1 Å². The van der Waals surface area contributed by atoms with Crippen molar-refractivity contribution in [2.45, 2.75) is 0 Å². The minimum atomic E-state index is -0.325. The summed E-state index contributed by atoms with van der Waals surface area (Å²) in [7, 11) is 0. The second-order valence-corrected chi connectivity index (χ2v) is 5.26. The standard InChI is InChI=1S/C19H14FN3O2/c20-15-7-4-13(5-8-15)6-10-18(24)21-16-3-1-2-14(12-16)17-9-11-19(25)23-22-17/h1-12H,(H,21,24)(H,23,25)/b10-6+. The number of nitrogens with zero attached hydrogens (tertiary/aromatic N) is 1. The number of carbonyl (C=O) groups is 1. The number of rotatable bonds is 4. The fraction of sp³-hybridized carbons (Fsp3) is 0. The summed E-state index contributed by atoms with van der Waals surface area (Å²) in [5.74, 6) is -0.634. The van der Waals surface area contributed by atoms with E-state index >= 15 is 0 Å². The molecule has 0 aliphatic rings. The van der Waals surface area contributed by atoms with Crippen molar-refractivity contribution in [3.63, 3.8) is 0 Å². The van der Waals surface area contributed by atoms with Gasteiger partial charge in [-0.2, -0.15) is 5.10 Å². The van der Waals surface area contributed by atoms with Gasteiger partial charge in [-0.05, 0) is 42.0 Å². The van der Waals surface area contributed by atoms with Crippen LogP contribution in [0.25, 0.3) is 17.3 Å². The van der Waals surface area contributed by atoms with Crippen molar-refractivity contribution in [3.05, 3.63) is 88.5 Å². The SMILES string of the molecule is O=C(/C=C/c1ccc(F)cc1)Nc1cccc(-c2ccc(=O)[nH]n2)c1. The highest BCUT2D eigenvalue weighted by atomic mass is 19.1. The molecule has 0 aliphatic carbocycles. The minimum Gasteiger partial charge on any atom is -0.322 e. The van der Waals surface area contributed by atoms with Crippen molar-refractivity contribution in [1.82, 2.24) is 10.2 Å². The van der Waals surface area contributed by atoms with Gasteiger partial charge in [-0.15, -0.1) is 0 Å². The molecule has 5 nitrogen and oxygen atoms in total. The molecule has 1 aromatic heterocycles. The number of hydrogen-bond acceptors (Lipinski definition) is 3. The number of H-pyrrole nitrogens is 1. The molecule has 0 saturated heterocycles. The molecule has 1 heterocycles. The van der Waals surface area contributed by atoms with Gasteiger partial charge in [-0.1, -0.05) is 24.3 Å². The Labute approximate surface area is 142 Å². The third-order valence-electron chi connectivity index (χ3n) is 3.40. The molecular weight excluding hydrogens is 321 g/mol. The number of halogens is 1. The molecule has 124 valence electrons. The largest absolute Gasteiger partial charge is 0.322 e. The van der Waals surface area contributed by atoms with Crippen LogP contribution in [0.5, 0.6) is 0 Å². The summed E-state index contributed by atoms with van der Waals surface area (Å²) >= 11 is 0. The lowest BCUT2D eigenvalue weighted by molar-refractivity contribution is -0.111. The Bertz CT molecular complexity index is 958. The van der Waals surface area contributed by atoms with Crippen LogP contribution in [0.2, 0.25) is 0 Å². The monoisotopic (exact) mass is 335 g/mol. The van der Waals surface area contributed by atoms with Gasteiger partial charge < -0.3 is 5.32 Å². The fourth-order valence-corrected chi connectivity index (χ4v) is 2.19. The first kappa shape index (κ1) is 16.3. The van der Waals surface area contributed by atoms with Crippen LogP contribution in [-0.2, 0) is 4.79 Å². The van der Waals surface area contributed by atoms with Crippen LogP contribution in [-0.4, -0.2) is 16.1 Å². The third-order valence-corrected chi connectivity index (χ3v) is 3.40. The summed E-state index contributed by atoms with van der Waals surface area (Å²) in [5, 5.41) is 9.07. The van der Waals surface area contributed by atoms with Gasteiger partial charge in [-0.3, -0.25) is 9.59 Å². The van der Waals surface area contributed by atoms with Crippen molar-refractivity contribution >= 4 is 17.7 Å². The number of carbonyl (C=O) groups excluding carboxylic acids is 1. The third kappa shape index (κ3) is 4.48. The summed E-state index contributed by atoms with van der Waals surface area (Å²) in [6, 6.07) is 15.9. The van der Waals surface area contributed by atoms with Crippen LogP contribution in [0, 0.1) is 5.82 Å². The van der Waals surface area contributed by atoms with E-state index < -0.39 is 0 Å². The maximum atomic E-state index is 12.8. The molecule has 3 rings (SSSR count). The van der Waals surface area contributed by atoms with Crippen molar-refractivity contribution in [1.29, 1.82) is 0 Å². The lowest BCUT2D eigenvalue weighted by Gasteiger charge is -2.05. The molecule has 0 saturated carbocycles. The molecule has 6 heteroatoms. The zero-order valence-electron chi connectivity index (χ0n) is 13.1. The van der Waals surface area contributed by atoms with Crippen molar-refractivity contribution in [3.8, 4) is 11.3 Å². The first-order valence-corrected chi connectivity index (χ1v) is 7.51. The number of aromatic amines is 1. The van der Waals surface area contributed by atoms with E-state index in [1.54, 1.807) is 42.5 Å². The van der Waals surface area contributed by atoms with Crippen LogP contribution < -0.4 is 10.9 Å². The number of nitrogens with one attached hydrogen (secondary N) is 2. The van der Waals surface area contributed by atoms with Crippen LogP contribution in [0.4, 0.5) is 10.1 Å². The lowest BCUT2D eigenvalue weighted by Crippen LogP contribution is -2.08. The molecule has 25 heavy (non-hydrogen) atoms. The van der Waals surface area contributed by atoms with Gasteiger partial charge in [0.2, 0.25) is 5.91 Å². The van der Waals surface area contributed by atoms with E-state index in [0.29, 0.717) is 11.4 Å². The smallest absolute Gasteiger partial charge is 0.264 e. The predicted molar refractivity (Wildman–Crippen MR) is 94.4 cm³/mol. The number of amides is 1. The highest BCUT2D eigenvalue weighted by Gasteiger charge is 2.03. The maximum absolute atomic E-state index is 12.8. The predicted octanol–water partition coefficient (Wildman–Crippen LogP) is 3.23. The van der Waals surface area contributed by atoms with Crippen LogP contribution >= 0.6 is 0 Å². The average Bonchev–Trinajstić information content (AvgIpc) is 2.62. The molecule has 2 aromatic carbocycles. The normalized spacial score (nSPS) is 10.8. The Morgan fingerprint density at radius 2 is 1.88 bits per heavy atom. The Hall–Kier alpha value is -3.54. The lowest BCUT2D eigenvalue weighted by atomic mass is 10.1. The van der Waals surface area contributed by atoms with E-state index in [2.05, 4.69) is 15.5 Å². The maximum Gasteiger partial charge on any atom is 0.264 e. The molecule has 0 radical (unpaired) electrons. The minimum absolute atomic E-state index is 0.279. The molecule has 0 unspecified atom stereocenters. The van der Waals surface area contributed by atoms with Crippen LogP contribution in [0.3, 0.4) is 0 Å². The molecule has 3 aromatic rings. The average molecular weight is 335 g/mol. The summed E-state index contributed by atoms with van der Waals surface area (Å²) in [5.41, 5.74) is 2.40. The van der Waals surface area contributed by atoms with Gasteiger partial charge in [0.25, 0.3) is 5.56 Å². The molecule has 0 fully saturated rings. The van der Waals surface area contributed by atoms with Crippen molar-refractivity contribution in [2.75, 3.05) is 5.32 Å².